The first-order chi connectivity index (χ1) is 12.7. The number of aromatic nitrogens is 1. The third-order valence-corrected chi connectivity index (χ3v) is 5.25. The van der Waals surface area contributed by atoms with E-state index in [9.17, 15) is 9.59 Å². The number of fused-ring (bicyclic) bond motifs is 1. The van der Waals surface area contributed by atoms with Crippen LogP contribution < -0.4 is 0 Å². The average molecular weight is 374 g/mol. The molecular formula is C19H22N2O4S. The number of nitrogens with zero attached hydrogens (tertiary/aromatic N) is 2. The molecule has 1 aliphatic heterocycles. The van der Waals surface area contributed by atoms with Crippen LogP contribution >= 0.6 is 11.3 Å². The predicted molar refractivity (Wildman–Crippen MR) is 101 cm³/mol. The third kappa shape index (κ3) is 4.89. The molecular weight excluding hydrogens is 352 g/mol. The largest absolute Gasteiger partial charge is 0.469 e. The molecule has 0 aliphatic carbocycles. The Bertz CT molecular complexity index is 763. The zero-order valence-electron chi connectivity index (χ0n) is 14.7. The number of amides is 1. The maximum absolute atomic E-state index is 12.6. The lowest BCUT2D eigenvalue weighted by atomic mass is 10.2. The van der Waals surface area contributed by atoms with Crippen molar-refractivity contribution in [1.29, 1.82) is 0 Å². The number of ether oxygens (including phenoxy) is 2. The standard InChI is InChI=1S/C19H22N2O4S/c1-24-19(23)10-11-21(13-14-5-4-12-25-14)18(22)9-8-17-20-15-6-2-3-7-16(15)26-17/h2-3,6-9,14H,4-5,10-13H2,1H3/b9-8+. The number of thiazole rings is 1. The van der Waals surface area contributed by atoms with Gasteiger partial charge in [-0.2, -0.15) is 0 Å². The summed E-state index contributed by atoms with van der Waals surface area (Å²) in [6, 6.07) is 7.86. The summed E-state index contributed by atoms with van der Waals surface area (Å²) in [6.07, 6.45) is 5.39. The van der Waals surface area contributed by atoms with Gasteiger partial charge in [-0.05, 0) is 31.1 Å². The van der Waals surface area contributed by atoms with Gasteiger partial charge in [0, 0.05) is 25.8 Å². The first-order valence-corrected chi connectivity index (χ1v) is 9.48. The number of hydrogen-bond acceptors (Lipinski definition) is 6. The van der Waals surface area contributed by atoms with E-state index in [1.54, 1.807) is 11.0 Å². The van der Waals surface area contributed by atoms with Crippen LogP contribution in [0.1, 0.15) is 24.3 Å². The smallest absolute Gasteiger partial charge is 0.307 e. The Labute approximate surface area is 156 Å². The summed E-state index contributed by atoms with van der Waals surface area (Å²) in [6.45, 7) is 1.53. The fourth-order valence-electron chi connectivity index (χ4n) is 2.86. The van der Waals surface area contributed by atoms with E-state index in [0.717, 1.165) is 34.7 Å². The number of para-hydroxylation sites is 1. The number of benzene rings is 1. The maximum atomic E-state index is 12.6. The van der Waals surface area contributed by atoms with Crippen molar-refractivity contribution in [2.24, 2.45) is 0 Å². The van der Waals surface area contributed by atoms with Gasteiger partial charge in [-0.15, -0.1) is 11.3 Å². The lowest BCUT2D eigenvalue weighted by Gasteiger charge is -2.23. The quantitative estimate of drug-likeness (QED) is 0.551. The van der Waals surface area contributed by atoms with E-state index >= 15 is 0 Å². The minimum Gasteiger partial charge on any atom is -0.469 e. The van der Waals surface area contributed by atoms with Crippen LogP contribution in [0, 0.1) is 0 Å². The molecule has 26 heavy (non-hydrogen) atoms. The Morgan fingerprint density at radius 3 is 3.00 bits per heavy atom. The molecule has 138 valence electrons. The van der Waals surface area contributed by atoms with E-state index in [1.807, 2.05) is 24.3 Å². The summed E-state index contributed by atoms with van der Waals surface area (Å²) in [4.78, 5) is 30.2. The molecule has 1 saturated heterocycles. The van der Waals surface area contributed by atoms with Gasteiger partial charge in [-0.1, -0.05) is 12.1 Å². The second-order valence-corrected chi connectivity index (χ2v) is 7.16. The highest BCUT2D eigenvalue weighted by Gasteiger charge is 2.22. The minimum absolute atomic E-state index is 0.0347. The SMILES string of the molecule is COC(=O)CCN(CC1CCCO1)C(=O)/C=C/c1nc2ccccc2s1. The fourth-order valence-corrected chi connectivity index (χ4v) is 3.73. The van der Waals surface area contributed by atoms with Gasteiger partial charge in [-0.25, -0.2) is 4.98 Å². The van der Waals surface area contributed by atoms with Crippen LogP contribution in [0.3, 0.4) is 0 Å². The molecule has 0 saturated carbocycles. The molecule has 1 atom stereocenters. The van der Waals surface area contributed by atoms with Crippen LogP contribution in [0.15, 0.2) is 30.3 Å². The van der Waals surface area contributed by atoms with Crippen LogP contribution in [0.4, 0.5) is 0 Å². The molecule has 0 spiro atoms. The second-order valence-electron chi connectivity index (χ2n) is 6.10. The van der Waals surface area contributed by atoms with Crippen LogP contribution in [0.5, 0.6) is 0 Å². The van der Waals surface area contributed by atoms with Gasteiger partial charge in [0.05, 0.1) is 29.9 Å². The number of methoxy groups -OCH3 is 1. The Morgan fingerprint density at radius 1 is 1.42 bits per heavy atom. The Morgan fingerprint density at radius 2 is 2.27 bits per heavy atom. The highest BCUT2D eigenvalue weighted by atomic mass is 32.1. The third-order valence-electron chi connectivity index (χ3n) is 4.25. The minimum atomic E-state index is -0.328. The summed E-state index contributed by atoms with van der Waals surface area (Å²) in [7, 11) is 1.35. The molecule has 2 heterocycles. The summed E-state index contributed by atoms with van der Waals surface area (Å²) in [5.41, 5.74) is 0.923. The van der Waals surface area contributed by atoms with E-state index in [4.69, 9.17) is 4.74 Å². The summed E-state index contributed by atoms with van der Waals surface area (Å²) < 4.78 is 11.4. The van der Waals surface area contributed by atoms with Crippen molar-refractivity contribution in [1.82, 2.24) is 9.88 Å². The number of hydrogen-bond donors (Lipinski definition) is 0. The zero-order valence-corrected chi connectivity index (χ0v) is 15.5. The van der Waals surface area contributed by atoms with Crippen LogP contribution in [-0.2, 0) is 19.1 Å². The topological polar surface area (TPSA) is 68.7 Å². The molecule has 6 nitrogen and oxygen atoms in total. The average Bonchev–Trinajstić information content (AvgIpc) is 3.31. The van der Waals surface area contributed by atoms with Crippen LogP contribution in [0.25, 0.3) is 16.3 Å². The monoisotopic (exact) mass is 374 g/mol. The van der Waals surface area contributed by atoms with Crippen molar-refractivity contribution in [2.45, 2.75) is 25.4 Å². The first kappa shape index (κ1) is 18.5. The molecule has 1 aromatic heterocycles. The molecule has 0 N–H and O–H groups in total. The summed E-state index contributed by atoms with van der Waals surface area (Å²) in [5.74, 6) is -0.478. The van der Waals surface area contributed by atoms with Crippen LogP contribution in [-0.4, -0.2) is 54.7 Å². The van der Waals surface area contributed by atoms with E-state index in [2.05, 4.69) is 9.72 Å². The second kappa shape index (κ2) is 8.91. The van der Waals surface area contributed by atoms with Crippen molar-refractivity contribution < 1.29 is 19.1 Å². The lowest BCUT2D eigenvalue weighted by molar-refractivity contribution is -0.141. The fraction of sp³-hybridized carbons (Fsp3) is 0.421. The Kier molecular flexibility index (Phi) is 6.35. The molecule has 0 radical (unpaired) electrons. The number of carbonyl (C=O) groups excluding carboxylic acids is 2. The molecule has 1 unspecified atom stereocenters. The highest BCUT2D eigenvalue weighted by Crippen LogP contribution is 2.22. The number of esters is 1. The van der Waals surface area contributed by atoms with Crippen molar-refractivity contribution in [3.05, 3.63) is 35.3 Å². The molecule has 1 aromatic carbocycles. The number of carbonyl (C=O) groups is 2. The van der Waals surface area contributed by atoms with E-state index in [-0.39, 0.29) is 24.4 Å². The molecule has 1 fully saturated rings. The number of rotatable bonds is 7. The Balaban J connectivity index is 1.67. The van der Waals surface area contributed by atoms with Crippen molar-refractivity contribution in [3.63, 3.8) is 0 Å². The molecule has 1 aliphatic rings. The van der Waals surface area contributed by atoms with Crippen LogP contribution in [0.2, 0.25) is 0 Å². The van der Waals surface area contributed by atoms with E-state index < -0.39 is 0 Å². The van der Waals surface area contributed by atoms with Gasteiger partial charge in [0.2, 0.25) is 5.91 Å². The molecule has 0 bridgehead atoms. The molecule has 1 amide bonds. The van der Waals surface area contributed by atoms with Gasteiger partial charge in [-0.3, -0.25) is 9.59 Å². The van der Waals surface area contributed by atoms with Gasteiger partial charge in [0.25, 0.3) is 0 Å². The van der Waals surface area contributed by atoms with Crippen molar-refractivity contribution in [3.8, 4) is 0 Å². The lowest BCUT2D eigenvalue weighted by Crippen LogP contribution is -2.37. The van der Waals surface area contributed by atoms with Crippen molar-refractivity contribution >= 4 is 39.5 Å². The predicted octanol–water partition coefficient (Wildman–Crippen LogP) is 2.88. The van der Waals surface area contributed by atoms with Gasteiger partial charge >= 0.3 is 5.97 Å². The normalized spacial score (nSPS) is 17.0. The van der Waals surface area contributed by atoms with Gasteiger partial charge < -0.3 is 14.4 Å². The van der Waals surface area contributed by atoms with Gasteiger partial charge in [0.15, 0.2) is 0 Å². The Hall–Kier alpha value is -2.25. The highest BCUT2D eigenvalue weighted by molar-refractivity contribution is 7.19. The summed E-state index contributed by atoms with van der Waals surface area (Å²) >= 11 is 1.54. The zero-order chi connectivity index (χ0) is 18.4. The van der Waals surface area contributed by atoms with E-state index in [1.165, 1.54) is 24.5 Å². The first-order valence-electron chi connectivity index (χ1n) is 8.66. The molecule has 7 heteroatoms. The molecule has 3 rings (SSSR count). The molecule has 2 aromatic rings. The van der Waals surface area contributed by atoms with E-state index in [0.29, 0.717) is 13.1 Å². The maximum Gasteiger partial charge on any atom is 0.307 e. The van der Waals surface area contributed by atoms with Gasteiger partial charge in [0.1, 0.15) is 5.01 Å². The summed E-state index contributed by atoms with van der Waals surface area (Å²) in [5, 5.41) is 0.782. The van der Waals surface area contributed by atoms with Crippen molar-refractivity contribution in [2.75, 3.05) is 26.8 Å².